The molecule has 0 saturated heterocycles. The molecule has 0 aliphatic carbocycles. The van der Waals surface area contributed by atoms with Crippen LogP contribution in [-0.2, 0) is 0 Å². The van der Waals surface area contributed by atoms with Gasteiger partial charge >= 0.3 is 0 Å². The van der Waals surface area contributed by atoms with E-state index in [1.807, 2.05) is 27.0 Å². The fourth-order valence-corrected chi connectivity index (χ4v) is 1.23. The van der Waals surface area contributed by atoms with Gasteiger partial charge < -0.3 is 4.74 Å². The lowest BCUT2D eigenvalue weighted by molar-refractivity contribution is 0.398. The van der Waals surface area contributed by atoms with Crippen LogP contribution in [0, 0.1) is 12.8 Å². The molecule has 0 saturated carbocycles. The number of aliphatic imine (C=N–C) groups is 1. The van der Waals surface area contributed by atoms with Crippen LogP contribution in [0.15, 0.2) is 4.99 Å². The van der Waals surface area contributed by atoms with Gasteiger partial charge in [0.15, 0.2) is 0 Å². The SMILES string of the molecule is COc1nc(Cl)nc(C)c1N=CC(C)C. The Labute approximate surface area is 94.4 Å². The monoisotopic (exact) mass is 227 g/mol. The van der Waals surface area contributed by atoms with E-state index in [-0.39, 0.29) is 5.28 Å². The van der Waals surface area contributed by atoms with Crippen LogP contribution in [0.5, 0.6) is 5.88 Å². The lowest BCUT2D eigenvalue weighted by Crippen LogP contribution is -1.95. The summed E-state index contributed by atoms with van der Waals surface area (Å²) in [6.07, 6.45) is 1.82. The Balaban J connectivity index is 3.15. The highest BCUT2D eigenvalue weighted by molar-refractivity contribution is 6.28. The molecule has 0 atom stereocenters. The number of hydrogen-bond donors (Lipinski definition) is 0. The van der Waals surface area contributed by atoms with E-state index in [0.717, 1.165) is 0 Å². The summed E-state index contributed by atoms with van der Waals surface area (Å²) in [5.74, 6) is 0.772. The van der Waals surface area contributed by atoms with Crippen molar-refractivity contribution in [3.8, 4) is 5.88 Å². The molecule has 0 amide bonds. The van der Waals surface area contributed by atoms with E-state index in [2.05, 4.69) is 15.0 Å². The first-order valence-corrected chi connectivity index (χ1v) is 5.04. The van der Waals surface area contributed by atoms with Crippen LogP contribution in [0.1, 0.15) is 19.5 Å². The number of methoxy groups -OCH3 is 1. The molecular formula is C10H14ClN3O. The minimum absolute atomic E-state index is 0.174. The van der Waals surface area contributed by atoms with Crippen LogP contribution in [0.4, 0.5) is 5.69 Å². The summed E-state index contributed by atoms with van der Waals surface area (Å²) in [5, 5.41) is 0.174. The predicted molar refractivity (Wildman–Crippen MR) is 61.3 cm³/mol. The van der Waals surface area contributed by atoms with E-state index >= 15 is 0 Å². The second-order valence-corrected chi connectivity index (χ2v) is 3.80. The molecule has 5 heteroatoms. The van der Waals surface area contributed by atoms with Gasteiger partial charge in [-0.15, -0.1) is 0 Å². The first-order valence-electron chi connectivity index (χ1n) is 4.67. The molecule has 0 unspecified atom stereocenters. The molecule has 1 aromatic rings. The maximum atomic E-state index is 5.71. The lowest BCUT2D eigenvalue weighted by atomic mass is 10.2. The van der Waals surface area contributed by atoms with E-state index in [4.69, 9.17) is 16.3 Å². The number of aryl methyl sites for hydroxylation is 1. The van der Waals surface area contributed by atoms with Crippen molar-refractivity contribution in [3.05, 3.63) is 11.0 Å². The minimum Gasteiger partial charge on any atom is -0.479 e. The van der Waals surface area contributed by atoms with Gasteiger partial charge in [0.05, 0.1) is 12.8 Å². The zero-order chi connectivity index (χ0) is 11.4. The molecule has 4 nitrogen and oxygen atoms in total. The van der Waals surface area contributed by atoms with Crippen molar-refractivity contribution in [2.75, 3.05) is 7.11 Å². The fraction of sp³-hybridized carbons (Fsp3) is 0.500. The second-order valence-electron chi connectivity index (χ2n) is 3.46. The van der Waals surface area contributed by atoms with E-state index in [1.54, 1.807) is 0 Å². The average Bonchev–Trinajstić information content (AvgIpc) is 2.14. The molecule has 0 aliphatic heterocycles. The largest absolute Gasteiger partial charge is 0.479 e. The molecule has 0 aromatic carbocycles. The van der Waals surface area contributed by atoms with Gasteiger partial charge in [0.2, 0.25) is 11.2 Å². The summed E-state index contributed by atoms with van der Waals surface area (Å²) < 4.78 is 5.09. The Morgan fingerprint density at radius 3 is 2.60 bits per heavy atom. The minimum atomic E-state index is 0.174. The molecule has 0 fully saturated rings. The van der Waals surface area contributed by atoms with Gasteiger partial charge in [-0.05, 0) is 24.4 Å². The Hall–Kier alpha value is -1.16. The van der Waals surface area contributed by atoms with Crippen LogP contribution >= 0.6 is 11.6 Å². The zero-order valence-electron chi connectivity index (χ0n) is 9.28. The fourth-order valence-electron chi connectivity index (χ4n) is 1.02. The van der Waals surface area contributed by atoms with Gasteiger partial charge in [-0.25, -0.2) is 4.98 Å². The Morgan fingerprint density at radius 1 is 1.40 bits per heavy atom. The van der Waals surface area contributed by atoms with Crippen molar-refractivity contribution in [2.24, 2.45) is 10.9 Å². The number of nitrogens with zero attached hydrogens (tertiary/aromatic N) is 3. The first-order chi connectivity index (χ1) is 7.04. The maximum Gasteiger partial charge on any atom is 0.244 e. The third-order valence-electron chi connectivity index (χ3n) is 1.69. The number of ether oxygens (including phenoxy) is 1. The Morgan fingerprint density at radius 2 is 2.07 bits per heavy atom. The predicted octanol–water partition coefficient (Wildman–Crippen LogP) is 2.81. The molecule has 0 aliphatic rings. The Kier molecular flexibility index (Phi) is 4.03. The summed E-state index contributed by atoms with van der Waals surface area (Å²) in [7, 11) is 1.53. The van der Waals surface area contributed by atoms with Gasteiger partial charge in [0, 0.05) is 6.21 Å². The number of halogens is 1. The number of rotatable bonds is 3. The van der Waals surface area contributed by atoms with Gasteiger partial charge in [-0.1, -0.05) is 13.8 Å². The molecule has 82 valence electrons. The molecule has 15 heavy (non-hydrogen) atoms. The molecular weight excluding hydrogens is 214 g/mol. The van der Waals surface area contributed by atoms with Crippen molar-refractivity contribution in [2.45, 2.75) is 20.8 Å². The lowest BCUT2D eigenvalue weighted by Gasteiger charge is -2.06. The molecule has 1 aromatic heterocycles. The standard InChI is InChI=1S/C10H14ClN3O/c1-6(2)5-12-8-7(3)13-10(11)14-9(8)15-4/h5-6H,1-4H3. The van der Waals surface area contributed by atoms with E-state index < -0.39 is 0 Å². The summed E-state index contributed by atoms with van der Waals surface area (Å²) in [5.41, 5.74) is 1.35. The summed E-state index contributed by atoms with van der Waals surface area (Å²) >= 11 is 5.71. The molecule has 0 N–H and O–H groups in total. The average molecular weight is 228 g/mol. The highest BCUT2D eigenvalue weighted by atomic mass is 35.5. The third kappa shape index (κ3) is 3.16. The van der Waals surface area contributed by atoms with Gasteiger partial charge in [-0.3, -0.25) is 4.99 Å². The maximum absolute atomic E-state index is 5.71. The van der Waals surface area contributed by atoms with Crippen LogP contribution in [-0.4, -0.2) is 23.3 Å². The topological polar surface area (TPSA) is 47.4 Å². The summed E-state index contributed by atoms with van der Waals surface area (Å²) in [6, 6.07) is 0. The van der Waals surface area contributed by atoms with Gasteiger partial charge in [0.25, 0.3) is 0 Å². The van der Waals surface area contributed by atoms with Crippen molar-refractivity contribution in [3.63, 3.8) is 0 Å². The molecule has 0 radical (unpaired) electrons. The van der Waals surface area contributed by atoms with Crippen molar-refractivity contribution >= 4 is 23.5 Å². The molecule has 1 heterocycles. The van der Waals surface area contributed by atoms with E-state index in [9.17, 15) is 0 Å². The smallest absolute Gasteiger partial charge is 0.244 e. The third-order valence-corrected chi connectivity index (χ3v) is 1.86. The summed E-state index contributed by atoms with van der Waals surface area (Å²) in [6.45, 7) is 5.91. The highest BCUT2D eigenvalue weighted by Crippen LogP contribution is 2.28. The first kappa shape index (κ1) is 11.9. The van der Waals surface area contributed by atoms with Crippen LogP contribution in [0.25, 0.3) is 0 Å². The van der Waals surface area contributed by atoms with Crippen molar-refractivity contribution in [1.82, 2.24) is 9.97 Å². The summed E-state index contributed by atoms with van der Waals surface area (Å²) in [4.78, 5) is 12.3. The van der Waals surface area contributed by atoms with Crippen molar-refractivity contribution < 1.29 is 4.74 Å². The van der Waals surface area contributed by atoms with Crippen LogP contribution < -0.4 is 4.74 Å². The zero-order valence-corrected chi connectivity index (χ0v) is 10.0. The Bertz CT molecular complexity index is 377. The number of hydrogen-bond acceptors (Lipinski definition) is 4. The number of aromatic nitrogens is 2. The second kappa shape index (κ2) is 5.07. The highest BCUT2D eigenvalue weighted by Gasteiger charge is 2.09. The molecule has 0 bridgehead atoms. The molecule has 1 rings (SSSR count). The van der Waals surface area contributed by atoms with E-state index in [1.165, 1.54) is 7.11 Å². The van der Waals surface area contributed by atoms with Crippen molar-refractivity contribution in [1.29, 1.82) is 0 Å². The van der Waals surface area contributed by atoms with Gasteiger partial charge in [0.1, 0.15) is 5.69 Å². The normalized spacial score (nSPS) is 11.3. The van der Waals surface area contributed by atoms with Crippen LogP contribution in [0.3, 0.4) is 0 Å². The van der Waals surface area contributed by atoms with Crippen LogP contribution in [0.2, 0.25) is 5.28 Å². The van der Waals surface area contributed by atoms with Gasteiger partial charge in [-0.2, -0.15) is 4.98 Å². The molecule has 0 spiro atoms. The quantitative estimate of drug-likeness (QED) is 0.589. The van der Waals surface area contributed by atoms with E-state index in [0.29, 0.717) is 23.2 Å².